The number of hydrogen-bond acceptors (Lipinski definition) is 2. The van der Waals surface area contributed by atoms with Crippen molar-refractivity contribution in [1.82, 2.24) is 5.32 Å². The topological polar surface area (TPSA) is 49.3 Å². The first kappa shape index (κ1) is 15.2. The predicted molar refractivity (Wildman–Crippen MR) is 64.6 cm³/mol. The van der Waals surface area contributed by atoms with Crippen LogP contribution in [0.4, 0.5) is 13.2 Å². The molecule has 0 aliphatic rings. The normalized spacial score (nSPS) is 14.7. The van der Waals surface area contributed by atoms with Crippen LogP contribution in [0.2, 0.25) is 0 Å². The largest absolute Gasteiger partial charge is 0.480 e. The number of carboxylic acid groups (broad SMARTS) is 1. The van der Waals surface area contributed by atoms with Gasteiger partial charge in [0.1, 0.15) is 5.54 Å². The summed E-state index contributed by atoms with van der Waals surface area (Å²) < 4.78 is 38.8. The van der Waals surface area contributed by atoms with E-state index in [1.165, 1.54) is 25.1 Å². The maximum atomic E-state index is 12.9. The first-order chi connectivity index (χ1) is 8.73. The lowest BCUT2D eigenvalue weighted by Crippen LogP contribution is -2.47. The summed E-state index contributed by atoms with van der Waals surface area (Å²) in [6, 6.07) is 4.63. The molecule has 0 bridgehead atoms. The molecule has 0 aliphatic heterocycles. The Hall–Kier alpha value is -1.82. The Kier molecular flexibility index (Phi) is 4.36. The number of benzene rings is 1. The van der Waals surface area contributed by atoms with E-state index < -0.39 is 23.2 Å². The van der Waals surface area contributed by atoms with Crippen LogP contribution < -0.4 is 5.32 Å². The predicted octanol–water partition coefficient (Wildman–Crippen LogP) is 2.78. The Morgan fingerprint density at radius 3 is 2.32 bits per heavy atom. The van der Waals surface area contributed by atoms with Crippen molar-refractivity contribution >= 4 is 5.97 Å². The SMILES string of the molecule is C=CCNC(C)(C(=O)O)c1ccccc1C(F)(F)F. The van der Waals surface area contributed by atoms with E-state index in [4.69, 9.17) is 0 Å². The standard InChI is InChI=1S/C13H14F3NO2/c1-3-8-17-12(2,11(18)19)9-6-4-5-7-10(9)13(14,15)16/h3-7,17H,1,8H2,2H3,(H,18,19). The van der Waals surface area contributed by atoms with Gasteiger partial charge in [0, 0.05) is 6.54 Å². The lowest BCUT2D eigenvalue weighted by atomic mass is 9.87. The molecule has 19 heavy (non-hydrogen) atoms. The maximum absolute atomic E-state index is 12.9. The van der Waals surface area contributed by atoms with Gasteiger partial charge in [0.25, 0.3) is 0 Å². The molecule has 1 aromatic rings. The Balaban J connectivity index is 3.39. The molecule has 2 N–H and O–H groups in total. The van der Waals surface area contributed by atoms with Crippen molar-refractivity contribution in [2.45, 2.75) is 18.6 Å². The molecule has 0 fully saturated rings. The third-order valence-corrected chi connectivity index (χ3v) is 2.80. The fourth-order valence-electron chi connectivity index (χ4n) is 1.73. The summed E-state index contributed by atoms with van der Waals surface area (Å²) in [6.07, 6.45) is -3.22. The second-order valence-electron chi connectivity index (χ2n) is 4.14. The van der Waals surface area contributed by atoms with Gasteiger partial charge in [-0.15, -0.1) is 6.58 Å². The Morgan fingerprint density at radius 1 is 1.37 bits per heavy atom. The van der Waals surface area contributed by atoms with Crippen molar-refractivity contribution in [1.29, 1.82) is 0 Å². The van der Waals surface area contributed by atoms with Crippen LogP contribution in [-0.2, 0) is 16.5 Å². The summed E-state index contributed by atoms with van der Waals surface area (Å²) in [5.74, 6) is -1.38. The van der Waals surface area contributed by atoms with Crippen LogP contribution in [0.1, 0.15) is 18.1 Å². The van der Waals surface area contributed by atoms with E-state index in [0.717, 1.165) is 12.1 Å². The second kappa shape index (κ2) is 5.44. The van der Waals surface area contributed by atoms with Gasteiger partial charge in [0.2, 0.25) is 0 Å². The van der Waals surface area contributed by atoms with Crippen LogP contribution in [0.3, 0.4) is 0 Å². The molecular weight excluding hydrogens is 259 g/mol. The summed E-state index contributed by atoms with van der Waals surface area (Å²) in [7, 11) is 0. The van der Waals surface area contributed by atoms with Crippen molar-refractivity contribution < 1.29 is 23.1 Å². The first-order valence-corrected chi connectivity index (χ1v) is 5.49. The van der Waals surface area contributed by atoms with Crippen molar-refractivity contribution in [2.75, 3.05) is 6.54 Å². The number of hydrogen-bond donors (Lipinski definition) is 2. The molecule has 0 aliphatic carbocycles. The van der Waals surface area contributed by atoms with Crippen molar-refractivity contribution in [2.24, 2.45) is 0 Å². The van der Waals surface area contributed by atoms with E-state index in [9.17, 15) is 23.1 Å². The van der Waals surface area contributed by atoms with Gasteiger partial charge in [0.05, 0.1) is 5.56 Å². The zero-order chi connectivity index (χ0) is 14.7. The number of carbonyl (C=O) groups is 1. The van der Waals surface area contributed by atoms with E-state index in [1.807, 2.05) is 0 Å². The summed E-state index contributed by atoms with van der Waals surface area (Å²) in [4.78, 5) is 11.3. The molecule has 0 heterocycles. The molecule has 0 saturated heterocycles. The Labute approximate surface area is 108 Å². The maximum Gasteiger partial charge on any atom is 0.416 e. The fourth-order valence-corrected chi connectivity index (χ4v) is 1.73. The molecule has 0 amide bonds. The van der Waals surface area contributed by atoms with E-state index in [1.54, 1.807) is 0 Å². The van der Waals surface area contributed by atoms with Crippen LogP contribution in [0.25, 0.3) is 0 Å². The third kappa shape index (κ3) is 3.14. The van der Waals surface area contributed by atoms with Crippen molar-refractivity contribution in [3.63, 3.8) is 0 Å². The molecule has 1 rings (SSSR count). The average Bonchev–Trinajstić information content (AvgIpc) is 2.34. The second-order valence-corrected chi connectivity index (χ2v) is 4.14. The van der Waals surface area contributed by atoms with Crippen LogP contribution in [-0.4, -0.2) is 17.6 Å². The molecule has 1 aromatic carbocycles. The molecule has 0 spiro atoms. The molecule has 0 aromatic heterocycles. The van der Waals surface area contributed by atoms with Crippen LogP contribution in [0.5, 0.6) is 0 Å². The van der Waals surface area contributed by atoms with Gasteiger partial charge in [-0.1, -0.05) is 24.3 Å². The molecule has 6 heteroatoms. The third-order valence-electron chi connectivity index (χ3n) is 2.80. The monoisotopic (exact) mass is 273 g/mol. The summed E-state index contributed by atoms with van der Waals surface area (Å²) >= 11 is 0. The van der Waals surface area contributed by atoms with E-state index in [2.05, 4.69) is 11.9 Å². The van der Waals surface area contributed by atoms with Crippen LogP contribution in [0, 0.1) is 0 Å². The average molecular weight is 273 g/mol. The summed E-state index contributed by atoms with van der Waals surface area (Å²) in [5, 5.41) is 11.8. The number of rotatable bonds is 5. The minimum atomic E-state index is -4.61. The number of aliphatic carboxylic acids is 1. The van der Waals surface area contributed by atoms with Gasteiger partial charge in [-0.2, -0.15) is 13.2 Å². The highest BCUT2D eigenvalue weighted by Crippen LogP contribution is 2.36. The molecule has 0 saturated carbocycles. The minimum Gasteiger partial charge on any atom is -0.480 e. The van der Waals surface area contributed by atoms with Gasteiger partial charge in [-0.3, -0.25) is 5.32 Å². The molecule has 0 radical (unpaired) electrons. The van der Waals surface area contributed by atoms with Gasteiger partial charge in [0.15, 0.2) is 0 Å². The zero-order valence-corrected chi connectivity index (χ0v) is 10.3. The van der Waals surface area contributed by atoms with Crippen LogP contribution >= 0.6 is 0 Å². The van der Waals surface area contributed by atoms with Crippen molar-refractivity contribution in [3.8, 4) is 0 Å². The molecular formula is C13H14F3NO2. The number of halogens is 3. The summed E-state index contributed by atoms with van der Waals surface area (Å²) in [6.45, 7) is 4.69. The minimum absolute atomic E-state index is 0.0784. The van der Waals surface area contributed by atoms with Crippen molar-refractivity contribution in [3.05, 3.63) is 48.0 Å². The smallest absolute Gasteiger partial charge is 0.416 e. The molecule has 3 nitrogen and oxygen atoms in total. The molecule has 1 atom stereocenters. The Bertz CT molecular complexity index is 485. The number of carboxylic acids is 1. The van der Waals surface area contributed by atoms with Gasteiger partial charge >= 0.3 is 12.1 Å². The van der Waals surface area contributed by atoms with E-state index in [0.29, 0.717) is 0 Å². The number of nitrogens with one attached hydrogen (secondary N) is 1. The highest BCUT2D eigenvalue weighted by molar-refractivity contribution is 5.81. The van der Waals surface area contributed by atoms with Gasteiger partial charge in [-0.05, 0) is 18.6 Å². The molecule has 1 unspecified atom stereocenters. The Morgan fingerprint density at radius 2 is 1.89 bits per heavy atom. The quantitative estimate of drug-likeness (QED) is 0.811. The highest BCUT2D eigenvalue weighted by Gasteiger charge is 2.42. The van der Waals surface area contributed by atoms with E-state index >= 15 is 0 Å². The lowest BCUT2D eigenvalue weighted by Gasteiger charge is -2.29. The van der Waals surface area contributed by atoms with Gasteiger partial charge < -0.3 is 5.11 Å². The fraction of sp³-hybridized carbons (Fsp3) is 0.308. The highest BCUT2D eigenvalue weighted by atomic mass is 19.4. The van der Waals surface area contributed by atoms with Crippen LogP contribution in [0.15, 0.2) is 36.9 Å². The molecule has 104 valence electrons. The van der Waals surface area contributed by atoms with E-state index in [-0.39, 0.29) is 12.1 Å². The summed E-state index contributed by atoms with van der Waals surface area (Å²) in [5.41, 5.74) is -3.12. The first-order valence-electron chi connectivity index (χ1n) is 5.49. The zero-order valence-electron chi connectivity index (χ0n) is 10.3. The lowest BCUT2D eigenvalue weighted by molar-refractivity contribution is -0.146. The van der Waals surface area contributed by atoms with Gasteiger partial charge in [-0.25, -0.2) is 4.79 Å². The number of alkyl halides is 3.